The molecular weight excluding hydrogens is 455 g/mol. The molecule has 0 spiro atoms. The molecule has 1 atom stereocenters. The molecule has 2 aromatic rings. The van der Waals surface area contributed by atoms with Gasteiger partial charge in [-0.1, -0.05) is 43.7 Å². The van der Waals surface area contributed by atoms with Crippen LogP contribution in [0, 0.1) is 11.3 Å². The lowest BCUT2D eigenvalue weighted by atomic mass is 9.74. The Kier molecular flexibility index (Phi) is 8.30. The number of fused-ring (bicyclic) bond motifs is 1. The first kappa shape index (κ1) is 25.2. The normalized spacial score (nSPS) is 20.3. The molecule has 1 aromatic carbocycles. The zero-order chi connectivity index (χ0) is 24.1. The lowest BCUT2D eigenvalue weighted by molar-refractivity contribution is -0.153. The minimum absolute atomic E-state index is 0.115. The third-order valence-corrected chi connectivity index (χ3v) is 8.40. The SMILES string of the molecule is COc1ccc2ncc(Cl)c([C@@H](F)CCC3(C(=O)O)CCN(CCC4CCCCC4)CC3)c2c1. The van der Waals surface area contributed by atoms with E-state index >= 15 is 4.39 Å². The van der Waals surface area contributed by atoms with Gasteiger partial charge < -0.3 is 14.7 Å². The van der Waals surface area contributed by atoms with Gasteiger partial charge in [0.05, 0.1) is 23.1 Å². The van der Waals surface area contributed by atoms with Crippen LogP contribution in [0.2, 0.25) is 5.02 Å². The van der Waals surface area contributed by atoms with Crippen LogP contribution in [0.5, 0.6) is 5.75 Å². The summed E-state index contributed by atoms with van der Waals surface area (Å²) < 4.78 is 20.9. The Balaban J connectivity index is 1.39. The Hall–Kier alpha value is -1.92. The number of aromatic nitrogens is 1. The molecule has 0 amide bonds. The van der Waals surface area contributed by atoms with Gasteiger partial charge in [-0.15, -0.1) is 0 Å². The quantitative estimate of drug-likeness (QED) is 0.417. The van der Waals surface area contributed by atoms with E-state index in [1.165, 1.54) is 44.7 Å². The minimum atomic E-state index is -1.37. The van der Waals surface area contributed by atoms with Crippen molar-refractivity contribution >= 4 is 28.5 Å². The molecule has 1 saturated heterocycles. The van der Waals surface area contributed by atoms with E-state index < -0.39 is 17.6 Å². The summed E-state index contributed by atoms with van der Waals surface area (Å²) in [6.45, 7) is 2.59. The Bertz CT molecular complexity index is 987. The maximum Gasteiger partial charge on any atom is 0.309 e. The van der Waals surface area contributed by atoms with E-state index in [1.54, 1.807) is 25.3 Å². The van der Waals surface area contributed by atoms with Gasteiger partial charge in [0, 0.05) is 17.1 Å². The smallest absolute Gasteiger partial charge is 0.309 e. The molecule has 2 aliphatic rings. The van der Waals surface area contributed by atoms with Crippen molar-refractivity contribution in [3.05, 3.63) is 35.0 Å². The lowest BCUT2D eigenvalue weighted by Gasteiger charge is -2.39. The molecule has 1 aromatic heterocycles. The van der Waals surface area contributed by atoms with Crippen molar-refractivity contribution in [2.75, 3.05) is 26.7 Å². The average molecular weight is 491 g/mol. The Labute approximate surface area is 206 Å². The van der Waals surface area contributed by atoms with E-state index in [-0.39, 0.29) is 11.4 Å². The van der Waals surface area contributed by atoms with E-state index in [2.05, 4.69) is 9.88 Å². The van der Waals surface area contributed by atoms with E-state index in [9.17, 15) is 9.90 Å². The van der Waals surface area contributed by atoms with Crippen molar-refractivity contribution in [2.45, 2.75) is 70.4 Å². The molecule has 5 nitrogen and oxygen atoms in total. The fraction of sp³-hybridized carbons (Fsp3) is 0.630. The summed E-state index contributed by atoms with van der Waals surface area (Å²) in [6, 6.07) is 5.30. The molecule has 1 saturated carbocycles. The zero-order valence-electron chi connectivity index (χ0n) is 20.1. The maximum atomic E-state index is 15.6. The number of nitrogens with zero attached hydrogens (tertiary/aromatic N) is 2. The second-order valence-electron chi connectivity index (χ2n) is 10.1. The molecule has 2 fully saturated rings. The van der Waals surface area contributed by atoms with Gasteiger partial charge in [-0.05, 0) is 75.9 Å². The number of rotatable bonds is 9. The Morgan fingerprint density at radius 1 is 1.29 bits per heavy atom. The highest BCUT2D eigenvalue weighted by molar-refractivity contribution is 6.32. The fourth-order valence-corrected chi connectivity index (χ4v) is 6.05. The number of carboxylic acids is 1. The van der Waals surface area contributed by atoms with Crippen LogP contribution in [-0.4, -0.2) is 47.7 Å². The van der Waals surface area contributed by atoms with Gasteiger partial charge in [0.2, 0.25) is 0 Å². The summed E-state index contributed by atoms with van der Waals surface area (Å²) in [6.07, 6.45) is 9.59. The topological polar surface area (TPSA) is 62.7 Å². The molecule has 34 heavy (non-hydrogen) atoms. The lowest BCUT2D eigenvalue weighted by Crippen LogP contribution is -2.45. The molecule has 0 unspecified atom stereocenters. The predicted octanol–water partition coefficient (Wildman–Crippen LogP) is 6.82. The Morgan fingerprint density at radius 2 is 2.03 bits per heavy atom. The van der Waals surface area contributed by atoms with E-state index in [0.717, 1.165) is 25.6 Å². The summed E-state index contributed by atoms with van der Waals surface area (Å²) in [5.41, 5.74) is 0.136. The number of hydrogen-bond acceptors (Lipinski definition) is 4. The largest absolute Gasteiger partial charge is 0.497 e. The second-order valence-corrected chi connectivity index (χ2v) is 10.5. The van der Waals surface area contributed by atoms with E-state index in [0.29, 0.717) is 41.5 Å². The third-order valence-electron chi connectivity index (χ3n) is 8.10. The maximum absolute atomic E-state index is 15.6. The van der Waals surface area contributed by atoms with Crippen LogP contribution < -0.4 is 4.74 Å². The number of ether oxygens (including phenoxy) is 1. The van der Waals surface area contributed by atoms with Crippen LogP contribution >= 0.6 is 11.6 Å². The molecule has 1 aliphatic carbocycles. The molecule has 0 radical (unpaired) electrons. The van der Waals surface area contributed by atoms with Gasteiger partial charge in [-0.2, -0.15) is 0 Å². The van der Waals surface area contributed by atoms with Gasteiger partial charge in [-0.3, -0.25) is 9.78 Å². The highest BCUT2D eigenvalue weighted by atomic mass is 35.5. The zero-order valence-corrected chi connectivity index (χ0v) is 20.8. The highest BCUT2D eigenvalue weighted by Gasteiger charge is 2.42. The number of hydrogen-bond donors (Lipinski definition) is 1. The first-order chi connectivity index (χ1) is 16.4. The first-order valence-corrected chi connectivity index (χ1v) is 13.0. The van der Waals surface area contributed by atoms with Crippen molar-refractivity contribution in [1.29, 1.82) is 0 Å². The monoisotopic (exact) mass is 490 g/mol. The van der Waals surface area contributed by atoms with Crippen LogP contribution in [0.1, 0.15) is 75.9 Å². The van der Waals surface area contributed by atoms with Crippen LogP contribution in [0.4, 0.5) is 4.39 Å². The van der Waals surface area contributed by atoms with Gasteiger partial charge >= 0.3 is 5.97 Å². The Morgan fingerprint density at radius 3 is 2.71 bits per heavy atom. The molecule has 1 aliphatic heterocycles. The summed E-state index contributed by atoms with van der Waals surface area (Å²) in [5.74, 6) is 0.623. The molecule has 7 heteroatoms. The van der Waals surface area contributed by atoms with Crippen molar-refractivity contribution in [1.82, 2.24) is 9.88 Å². The fourth-order valence-electron chi connectivity index (χ4n) is 5.78. The van der Waals surface area contributed by atoms with Crippen LogP contribution in [0.25, 0.3) is 10.9 Å². The second kappa shape index (κ2) is 11.2. The molecular formula is C27H36ClFN2O3. The van der Waals surface area contributed by atoms with Crippen LogP contribution in [-0.2, 0) is 4.79 Å². The molecule has 186 valence electrons. The van der Waals surface area contributed by atoms with Crippen molar-refractivity contribution < 1.29 is 19.0 Å². The number of halogens is 2. The number of benzene rings is 1. The first-order valence-electron chi connectivity index (χ1n) is 12.6. The summed E-state index contributed by atoms with van der Waals surface area (Å²) in [7, 11) is 1.56. The number of piperidine rings is 1. The number of aliphatic carboxylic acids is 1. The number of carbonyl (C=O) groups is 1. The number of methoxy groups -OCH3 is 1. The van der Waals surface area contributed by atoms with Gasteiger partial charge in [0.1, 0.15) is 11.9 Å². The van der Waals surface area contributed by atoms with E-state index in [4.69, 9.17) is 16.3 Å². The average Bonchev–Trinajstić information content (AvgIpc) is 2.86. The number of carboxylic acid groups (broad SMARTS) is 1. The molecule has 1 N–H and O–H groups in total. The van der Waals surface area contributed by atoms with Crippen molar-refractivity contribution in [3.63, 3.8) is 0 Å². The molecule has 4 rings (SSSR count). The van der Waals surface area contributed by atoms with Crippen LogP contribution in [0.3, 0.4) is 0 Å². The number of likely N-dealkylation sites (tertiary alicyclic amines) is 1. The number of pyridine rings is 1. The van der Waals surface area contributed by atoms with Gasteiger partial charge in [0.25, 0.3) is 0 Å². The van der Waals surface area contributed by atoms with Gasteiger partial charge in [0.15, 0.2) is 0 Å². The standard InChI is InChI=1S/C27H36ClFN2O3/c1-34-20-7-8-24-21(17-20)25(22(28)18-30-24)23(29)9-11-27(26(32)33)12-15-31(16-13-27)14-10-19-5-3-2-4-6-19/h7-8,17-19,23H,2-6,9-16H2,1H3,(H,32,33)/t23-/m0/s1. The minimum Gasteiger partial charge on any atom is -0.497 e. The third kappa shape index (κ3) is 5.65. The van der Waals surface area contributed by atoms with Crippen LogP contribution in [0.15, 0.2) is 24.4 Å². The highest BCUT2D eigenvalue weighted by Crippen LogP contribution is 2.42. The summed E-state index contributed by atoms with van der Waals surface area (Å²) in [5, 5.41) is 11.0. The van der Waals surface area contributed by atoms with Crippen molar-refractivity contribution in [3.8, 4) is 5.75 Å². The van der Waals surface area contributed by atoms with E-state index in [1.807, 2.05) is 0 Å². The van der Waals surface area contributed by atoms with Gasteiger partial charge in [-0.25, -0.2) is 4.39 Å². The van der Waals surface area contributed by atoms with Crippen molar-refractivity contribution in [2.24, 2.45) is 11.3 Å². The molecule has 0 bridgehead atoms. The number of alkyl halides is 1. The molecule has 2 heterocycles. The summed E-state index contributed by atoms with van der Waals surface area (Å²) >= 11 is 6.36. The summed E-state index contributed by atoms with van der Waals surface area (Å²) in [4.78, 5) is 19.0. The predicted molar refractivity (Wildman–Crippen MR) is 133 cm³/mol.